The van der Waals surface area contributed by atoms with E-state index >= 15 is 0 Å². The molecule has 2 saturated heterocycles. The van der Waals surface area contributed by atoms with E-state index in [0.717, 1.165) is 0 Å². The number of esters is 2. The zero-order valence-electron chi connectivity index (χ0n) is 26.7. The van der Waals surface area contributed by atoms with Crippen molar-refractivity contribution in [3.8, 4) is 0 Å². The van der Waals surface area contributed by atoms with Crippen LogP contribution in [-0.2, 0) is 38.0 Å². The summed E-state index contributed by atoms with van der Waals surface area (Å²) in [6.45, 7) is 13.0. The molecule has 14 nitrogen and oxygen atoms in total. The molecule has 12 atom stereocenters. The normalized spacial score (nSPS) is 43.9. The molecule has 0 spiro atoms. The first kappa shape index (κ1) is 38.0. The summed E-state index contributed by atoms with van der Waals surface area (Å²) in [4.78, 5) is 25.5. The maximum atomic E-state index is 12.7. The van der Waals surface area contributed by atoms with E-state index in [1.54, 1.807) is 26.0 Å². The summed E-state index contributed by atoms with van der Waals surface area (Å²) < 4.78 is 34.1. The molecule has 2 unspecified atom stereocenters. The predicted molar refractivity (Wildman–Crippen MR) is 161 cm³/mol. The second kappa shape index (κ2) is 16.1. The molecule has 260 valence electrons. The van der Waals surface area contributed by atoms with Gasteiger partial charge in [0.25, 0.3) is 0 Å². The molecular formula is C32H48O14. The second-order valence-corrected chi connectivity index (χ2v) is 12.3. The molecule has 4 bridgehead atoms. The van der Waals surface area contributed by atoms with Gasteiger partial charge in [0.15, 0.2) is 12.6 Å². The summed E-state index contributed by atoms with van der Waals surface area (Å²) in [5.41, 5.74) is -1.82. The fourth-order valence-electron chi connectivity index (χ4n) is 5.11. The number of ether oxygens (including phenoxy) is 6. The van der Waals surface area contributed by atoms with Gasteiger partial charge in [-0.15, -0.1) is 13.2 Å². The maximum absolute atomic E-state index is 12.7. The van der Waals surface area contributed by atoms with E-state index in [1.807, 2.05) is 0 Å². The van der Waals surface area contributed by atoms with Crippen molar-refractivity contribution in [3.63, 3.8) is 0 Å². The van der Waals surface area contributed by atoms with Crippen LogP contribution >= 0.6 is 0 Å². The Morgan fingerprint density at radius 2 is 1.00 bits per heavy atom. The van der Waals surface area contributed by atoms with Crippen molar-refractivity contribution in [2.24, 2.45) is 0 Å². The Balaban J connectivity index is 1.87. The first-order chi connectivity index (χ1) is 21.5. The van der Waals surface area contributed by atoms with Crippen LogP contribution in [0.1, 0.15) is 53.4 Å². The number of aliphatic hydroxyl groups is 6. The number of hydrogen-bond donors (Lipinski definition) is 6. The summed E-state index contributed by atoms with van der Waals surface area (Å²) in [5, 5.41) is 63.2. The predicted octanol–water partition coefficient (Wildman–Crippen LogP) is 0.0772. The molecule has 6 N–H and O–H groups in total. The zero-order chi connectivity index (χ0) is 34.4. The second-order valence-electron chi connectivity index (χ2n) is 12.3. The van der Waals surface area contributed by atoms with Crippen LogP contribution in [-0.4, -0.2) is 128 Å². The number of hydrogen-bond acceptors (Lipinski definition) is 14. The molecular weight excluding hydrogens is 608 g/mol. The van der Waals surface area contributed by atoms with Crippen LogP contribution in [0.4, 0.5) is 0 Å². The molecule has 3 heterocycles. The molecule has 3 aliphatic rings. The standard InChI is InChI=1S/C32H48O14/c1-7-31(5)13-9-11-17(3)27(39)42-16-20-22(34)24(36)26(38)30(44-20)46-32(6,8-2)14-10-12-18(4)28(40)41-15-19-21(33)23(35)25(37)29(43-19)45-31/h7-8,11-12,19-26,29-30,33-38H,1-2,9-10,13-16H2,3-6H3/b17-11+,18-12?/t19-,20-,21-,22-,23-,24-,25-,26-,29-,30+,31?,32?/m1/s1. The van der Waals surface area contributed by atoms with E-state index in [-0.39, 0.29) is 36.8 Å². The minimum absolute atomic E-state index is 0.219. The molecule has 46 heavy (non-hydrogen) atoms. The van der Waals surface area contributed by atoms with Crippen LogP contribution < -0.4 is 0 Å². The Bertz CT molecular complexity index is 1070. The summed E-state index contributed by atoms with van der Waals surface area (Å²) in [7, 11) is 0. The first-order valence-electron chi connectivity index (χ1n) is 15.2. The fourth-order valence-corrected chi connectivity index (χ4v) is 5.11. The van der Waals surface area contributed by atoms with Gasteiger partial charge in [-0.05, 0) is 53.4 Å². The van der Waals surface area contributed by atoms with Gasteiger partial charge >= 0.3 is 11.9 Å². The molecule has 3 rings (SSSR count). The summed E-state index contributed by atoms with van der Waals surface area (Å²) in [6, 6.07) is 0. The van der Waals surface area contributed by atoms with E-state index < -0.39 is 97.8 Å². The van der Waals surface area contributed by atoms with Crippen LogP contribution in [0.5, 0.6) is 0 Å². The van der Waals surface area contributed by atoms with Crippen LogP contribution in [0.25, 0.3) is 0 Å². The first-order valence-corrected chi connectivity index (χ1v) is 15.2. The minimum Gasteiger partial charge on any atom is -0.459 e. The van der Waals surface area contributed by atoms with Gasteiger partial charge in [-0.2, -0.15) is 0 Å². The number of cyclic esters (lactones) is 2. The molecule has 0 saturated carbocycles. The highest BCUT2D eigenvalue weighted by Crippen LogP contribution is 2.31. The summed E-state index contributed by atoms with van der Waals surface area (Å²) in [6.07, 6.45) is -7.94. The molecule has 0 aliphatic carbocycles. The van der Waals surface area contributed by atoms with Crippen LogP contribution in [0.2, 0.25) is 0 Å². The van der Waals surface area contributed by atoms with Gasteiger partial charge in [0.1, 0.15) is 62.0 Å². The van der Waals surface area contributed by atoms with Gasteiger partial charge < -0.3 is 59.1 Å². The van der Waals surface area contributed by atoms with Crippen molar-refractivity contribution < 1.29 is 68.6 Å². The van der Waals surface area contributed by atoms with Crippen molar-refractivity contribution in [1.29, 1.82) is 0 Å². The van der Waals surface area contributed by atoms with Gasteiger partial charge in [0, 0.05) is 11.1 Å². The smallest absolute Gasteiger partial charge is 0.333 e. The minimum atomic E-state index is -1.66. The number of allylic oxidation sites excluding steroid dienone is 2. The monoisotopic (exact) mass is 656 g/mol. The topological polar surface area (TPSA) is 211 Å². The SMILES string of the molecule is C=CC1(C)CC/C=C(\C)C(=O)OC[C@H]2O[C@@H](OC(C)(C=C)CCC=C(C)C(=O)OC[C@H]3O[C@H](O1)[C@H](O)[C@H](O)[C@@H]3O)[C@H](O)[C@H](O)[C@@H]2O. The molecule has 0 radical (unpaired) electrons. The van der Waals surface area contributed by atoms with Gasteiger partial charge in [-0.1, -0.05) is 24.3 Å². The van der Waals surface area contributed by atoms with Crippen LogP contribution in [0, 0.1) is 0 Å². The molecule has 2 fully saturated rings. The van der Waals surface area contributed by atoms with E-state index in [1.165, 1.54) is 26.0 Å². The number of carbonyl (C=O) groups excluding carboxylic acids is 2. The quantitative estimate of drug-likeness (QED) is 0.172. The summed E-state index contributed by atoms with van der Waals surface area (Å²) in [5.74, 6) is -1.44. The molecule has 0 aromatic rings. The lowest BCUT2D eigenvalue weighted by atomic mass is 9.96. The van der Waals surface area contributed by atoms with E-state index in [0.29, 0.717) is 0 Å². The van der Waals surface area contributed by atoms with Crippen molar-refractivity contribution >= 4 is 11.9 Å². The van der Waals surface area contributed by atoms with Crippen LogP contribution in [0.15, 0.2) is 48.6 Å². The van der Waals surface area contributed by atoms with Gasteiger partial charge in [-0.25, -0.2) is 9.59 Å². The van der Waals surface area contributed by atoms with Crippen molar-refractivity contribution in [3.05, 3.63) is 48.6 Å². The van der Waals surface area contributed by atoms with E-state index in [9.17, 15) is 40.2 Å². The van der Waals surface area contributed by atoms with Crippen molar-refractivity contribution in [1.82, 2.24) is 0 Å². The third-order valence-electron chi connectivity index (χ3n) is 8.56. The average molecular weight is 657 g/mol. The van der Waals surface area contributed by atoms with Gasteiger partial charge in [-0.3, -0.25) is 0 Å². The Labute approximate surface area is 268 Å². The van der Waals surface area contributed by atoms with Crippen molar-refractivity contribution in [2.75, 3.05) is 13.2 Å². The molecule has 0 aromatic heterocycles. The fraction of sp³-hybridized carbons (Fsp3) is 0.688. The number of carbonyl (C=O) groups is 2. The van der Waals surface area contributed by atoms with Gasteiger partial charge in [0.05, 0.1) is 11.2 Å². The third-order valence-corrected chi connectivity index (χ3v) is 8.56. The Kier molecular flexibility index (Phi) is 13.3. The molecule has 0 aromatic carbocycles. The average Bonchev–Trinajstić information content (AvgIpc) is 3.03. The maximum Gasteiger partial charge on any atom is 0.333 e. The van der Waals surface area contributed by atoms with Crippen molar-refractivity contribution in [2.45, 2.75) is 126 Å². The van der Waals surface area contributed by atoms with E-state index in [2.05, 4.69) is 13.2 Å². The highest BCUT2D eigenvalue weighted by atomic mass is 16.7. The molecule has 0 amide bonds. The third kappa shape index (κ3) is 9.31. The highest BCUT2D eigenvalue weighted by molar-refractivity contribution is 5.88. The lowest BCUT2D eigenvalue weighted by Crippen LogP contribution is -2.60. The molecule has 14 heteroatoms. The number of aliphatic hydroxyl groups excluding tert-OH is 6. The largest absolute Gasteiger partial charge is 0.459 e. The highest BCUT2D eigenvalue weighted by Gasteiger charge is 2.48. The number of rotatable bonds is 2. The molecule has 3 aliphatic heterocycles. The number of fused-ring (bicyclic) bond motifs is 4. The Hall–Kier alpha value is -2.50. The van der Waals surface area contributed by atoms with Gasteiger partial charge in [0.2, 0.25) is 0 Å². The lowest BCUT2D eigenvalue weighted by molar-refractivity contribution is -0.320. The Morgan fingerprint density at radius 3 is 1.33 bits per heavy atom. The Morgan fingerprint density at radius 1 is 0.652 bits per heavy atom. The lowest BCUT2D eigenvalue weighted by Gasteiger charge is -2.43. The van der Waals surface area contributed by atoms with E-state index in [4.69, 9.17) is 28.4 Å². The van der Waals surface area contributed by atoms with Crippen LogP contribution in [0.3, 0.4) is 0 Å². The summed E-state index contributed by atoms with van der Waals surface area (Å²) >= 11 is 0. The zero-order valence-corrected chi connectivity index (χ0v) is 26.7.